The molecule has 0 aliphatic heterocycles. The van der Waals surface area contributed by atoms with Crippen molar-refractivity contribution in [2.45, 2.75) is 13.0 Å². The molecule has 5 heteroatoms. The van der Waals surface area contributed by atoms with Crippen molar-refractivity contribution >= 4 is 30.0 Å². The van der Waals surface area contributed by atoms with Crippen molar-refractivity contribution in [3.63, 3.8) is 0 Å². The van der Waals surface area contributed by atoms with E-state index in [-0.39, 0.29) is 24.0 Å². The fourth-order valence-electron chi connectivity index (χ4n) is 1.03. The summed E-state index contributed by atoms with van der Waals surface area (Å²) in [5.74, 6) is -0.988. The van der Waals surface area contributed by atoms with E-state index in [1.165, 1.54) is 12.1 Å². The summed E-state index contributed by atoms with van der Waals surface area (Å²) < 4.78 is 0. The molecule has 0 fully saturated rings. The first-order valence-corrected chi connectivity index (χ1v) is 4.18. The van der Waals surface area contributed by atoms with Gasteiger partial charge in [-0.2, -0.15) is 0 Å². The number of hydrogen-bond acceptors (Lipinski definition) is 2. The van der Waals surface area contributed by atoms with Gasteiger partial charge in [-0.25, -0.2) is 4.79 Å². The molecular weight excluding hydrogens is 225 g/mol. The van der Waals surface area contributed by atoms with Crippen molar-refractivity contribution in [3.8, 4) is 0 Å². The minimum absolute atomic E-state index is 0. The highest BCUT2D eigenvalue weighted by Gasteiger charge is 2.08. The Morgan fingerprint density at radius 1 is 1.57 bits per heavy atom. The lowest BCUT2D eigenvalue weighted by Gasteiger charge is -2.08. The summed E-state index contributed by atoms with van der Waals surface area (Å²) in [7, 11) is 0. The molecule has 0 saturated heterocycles. The van der Waals surface area contributed by atoms with Gasteiger partial charge in [0.25, 0.3) is 0 Å². The molecule has 0 radical (unpaired) electrons. The zero-order chi connectivity index (χ0) is 10.0. The Hall–Kier alpha value is -0.770. The van der Waals surface area contributed by atoms with Gasteiger partial charge in [0, 0.05) is 11.1 Å². The number of halogens is 2. The molecule has 0 bridgehead atoms. The largest absolute Gasteiger partial charge is 0.478 e. The van der Waals surface area contributed by atoms with Crippen LogP contribution < -0.4 is 5.73 Å². The van der Waals surface area contributed by atoms with Gasteiger partial charge in [0.05, 0.1) is 5.56 Å². The summed E-state index contributed by atoms with van der Waals surface area (Å²) in [6.07, 6.45) is 0. The number of hydrogen-bond donors (Lipinski definition) is 2. The molecule has 0 unspecified atom stereocenters. The monoisotopic (exact) mass is 235 g/mol. The SMILES string of the molecule is C[C@H](N)c1ccc(C(=O)O)cc1Cl.Cl. The maximum Gasteiger partial charge on any atom is 0.335 e. The van der Waals surface area contributed by atoms with Gasteiger partial charge in [-0.3, -0.25) is 0 Å². The molecule has 78 valence electrons. The quantitative estimate of drug-likeness (QED) is 0.828. The van der Waals surface area contributed by atoms with Gasteiger partial charge in [0.2, 0.25) is 0 Å². The van der Waals surface area contributed by atoms with Crippen LogP contribution in [0.3, 0.4) is 0 Å². The number of carboxylic acid groups (broad SMARTS) is 1. The maximum atomic E-state index is 10.5. The standard InChI is InChI=1S/C9H10ClNO2.ClH/c1-5(11)7-3-2-6(9(12)13)4-8(7)10;/h2-5H,11H2,1H3,(H,12,13);1H/t5-;/m0./s1. The predicted molar refractivity (Wildman–Crippen MR) is 58.3 cm³/mol. The van der Waals surface area contributed by atoms with Crippen molar-refractivity contribution in [2.75, 3.05) is 0 Å². The van der Waals surface area contributed by atoms with Gasteiger partial charge >= 0.3 is 5.97 Å². The second-order valence-electron chi connectivity index (χ2n) is 2.83. The molecule has 14 heavy (non-hydrogen) atoms. The Kier molecular flexibility index (Phi) is 4.91. The van der Waals surface area contributed by atoms with Crippen LogP contribution in [-0.2, 0) is 0 Å². The number of carboxylic acids is 1. The third-order valence-corrected chi connectivity index (χ3v) is 2.07. The van der Waals surface area contributed by atoms with E-state index in [1.54, 1.807) is 13.0 Å². The Labute approximate surface area is 93.3 Å². The maximum absolute atomic E-state index is 10.5. The van der Waals surface area contributed by atoms with Gasteiger partial charge in [-0.15, -0.1) is 12.4 Å². The summed E-state index contributed by atoms with van der Waals surface area (Å²) in [6, 6.07) is 4.35. The molecule has 0 aliphatic carbocycles. The molecule has 1 aromatic carbocycles. The average molecular weight is 236 g/mol. The number of nitrogens with two attached hydrogens (primary N) is 1. The van der Waals surface area contributed by atoms with E-state index in [2.05, 4.69) is 0 Å². The van der Waals surface area contributed by atoms with Gasteiger partial charge in [0.1, 0.15) is 0 Å². The second-order valence-corrected chi connectivity index (χ2v) is 3.24. The molecule has 0 amide bonds. The summed E-state index contributed by atoms with van der Waals surface area (Å²) >= 11 is 5.83. The summed E-state index contributed by atoms with van der Waals surface area (Å²) in [5, 5.41) is 9.05. The van der Waals surface area contributed by atoms with Gasteiger partial charge in [-0.05, 0) is 24.6 Å². The lowest BCUT2D eigenvalue weighted by molar-refractivity contribution is 0.0697. The Bertz CT molecular complexity index is 340. The van der Waals surface area contributed by atoms with E-state index in [9.17, 15) is 4.79 Å². The lowest BCUT2D eigenvalue weighted by atomic mass is 10.1. The minimum Gasteiger partial charge on any atom is -0.478 e. The van der Waals surface area contributed by atoms with Crippen LogP contribution in [0.4, 0.5) is 0 Å². The van der Waals surface area contributed by atoms with E-state index in [1.807, 2.05) is 0 Å². The molecular formula is C9H11Cl2NO2. The predicted octanol–water partition coefficient (Wildman–Crippen LogP) is 2.48. The zero-order valence-corrected chi connectivity index (χ0v) is 9.10. The molecule has 1 atom stereocenters. The van der Waals surface area contributed by atoms with Crippen molar-refractivity contribution in [1.29, 1.82) is 0 Å². The summed E-state index contributed by atoms with van der Waals surface area (Å²) in [5.41, 5.74) is 6.54. The van der Waals surface area contributed by atoms with Gasteiger partial charge < -0.3 is 10.8 Å². The molecule has 0 spiro atoms. The summed E-state index contributed by atoms with van der Waals surface area (Å²) in [6.45, 7) is 1.79. The smallest absolute Gasteiger partial charge is 0.335 e. The minimum atomic E-state index is -0.988. The van der Waals surface area contributed by atoms with Crippen molar-refractivity contribution < 1.29 is 9.90 Å². The average Bonchev–Trinajstić information content (AvgIpc) is 2.03. The highest BCUT2D eigenvalue weighted by molar-refractivity contribution is 6.31. The van der Waals surface area contributed by atoms with Crippen LogP contribution in [0.25, 0.3) is 0 Å². The Morgan fingerprint density at radius 2 is 2.14 bits per heavy atom. The number of benzene rings is 1. The normalized spacial score (nSPS) is 11.6. The molecule has 0 aliphatic rings. The van der Waals surface area contributed by atoms with Crippen LogP contribution in [-0.4, -0.2) is 11.1 Å². The first-order valence-electron chi connectivity index (χ1n) is 3.80. The van der Waals surface area contributed by atoms with E-state index in [4.69, 9.17) is 22.4 Å². The lowest BCUT2D eigenvalue weighted by Crippen LogP contribution is -2.06. The fourth-order valence-corrected chi connectivity index (χ4v) is 1.38. The van der Waals surface area contributed by atoms with Crippen LogP contribution in [0.1, 0.15) is 28.9 Å². The molecule has 3 N–H and O–H groups in total. The third-order valence-electron chi connectivity index (χ3n) is 1.74. The zero-order valence-electron chi connectivity index (χ0n) is 7.53. The first-order chi connectivity index (χ1) is 6.02. The van der Waals surface area contributed by atoms with E-state index in [0.717, 1.165) is 5.56 Å². The van der Waals surface area contributed by atoms with Crippen molar-refractivity contribution in [2.24, 2.45) is 5.73 Å². The van der Waals surface area contributed by atoms with Crippen LogP contribution in [0.2, 0.25) is 5.02 Å². The summed E-state index contributed by atoms with van der Waals surface area (Å²) in [4.78, 5) is 10.5. The fraction of sp³-hybridized carbons (Fsp3) is 0.222. The van der Waals surface area contributed by atoms with Gasteiger partial charge in [-0.1, -0.05) is 17.7 Å². The highest BCUT2D eigenvalue weighted by atomic mass is 35.5. The number of carbonyl (C=O) groups is 1. The van der Waals surface area contributed by atoms with Gasteiger partial charge in [0.15, 0.2) is 0 Å². The Balaban J connectivity index is 0.00000169. The Morgan fingerprint density at radius 3 is 2.50 bits per heavy atom. The molecule has 1 aromatic rings. The number of rotatable bonds is 2. The highest BCUT2D eigenvalue weighted by Crippen LogP contribution is 2.22. The molecule has 0 saturated carbocycles. The first kappa shape index (κ1) is 13.2. The van der Waals surface area contributed by atoms with Crippen molar-refractivity contribution in [3.05, 3.63) is 34.3 Å². The van der Waals surface area contributed by atoms with Crippen LogP contribution in [0.5, 0.6) is 0 Å². The van der Waals surface area contributed by atoms with Crippen LogP contribution >= 0.6 is 24.0 Å². The van der Waals surface area contributed by atoms with E-state index < -0.39 is 5.97 Å². The van der Waals surface area contributed by atoms with Crippen LogP contribution in [0.15, 0.2) is 18.2 Å². The molecule has 0 heterocycles. The molecule has 0 aromatic heterocycles. The van der Waals surface area contributed by atoms with Crippen molar-refractivity contribution in [1.82, 2.24) is 0 Å². The number of aromatic carboxylic acids is 1. The molecule has 3 nitrogen and oxygen atoms in total. The third kappa shape index (κ3) is 2.87. The van der Waals surface area contributed by atoms with E-state index >= 15 is 0 Å². The van der Waals surface area contributed by atoms with E-state index in [0.29, 0.717) is 5.02 Å². The molecule has 1 rings (SSSR count). The second kappa shape index (κ2) is 5.20. The topological polar surface area (TPSA) is 63.3 Å². The van der Waals surface area contributed by atoms with Crippen LogP contribution in [0, 0.1) is 0 Å².